The fourth-order valence-corrected chi connectivity index (χ4v) is 3.16. The maximum Gasteiger partial charge on any atom is 0.106 e. The number of nitrogens with two attached hydrogens (primary N) is 1. The Bertz CT molecular complexity index is 554. The van der Waals surface area contributed by atoms with Gasteiger partial charge in [0.25, 0.3) is 0 Å². The van der Waals surface area contributed by atoms with Gasteiger partial charge in [0.15, 0.2) is 0 Å². The predicted molar refractivity (Wildman–Crippen MR) is 72.5 cm³/mol. The third-order valence-electron chi connectivity index (χ3n) is 3.17. The van der Waals surface area contributed by atoms with Crippen molar-refractivity contribution in [3.05, 3.63) is 47.4 Å². The molecular formula is C14H15N3S. The van der Waals surface area contributed by atoms with Gasteiger partial charge in [0.2, 0.25) is 0 Å². The van der Waals surface area contributed by atoms with Gasteiger partial charge in [0.1, 0.15) is 5.03 Å². The first-order valence-electron chi connectivity index (χ1n) is 6.16. The van der Waals surface area contributed by atoms with Crippen LogP contribution in [0.1, 0.15) is 23.2 Å². The number of rotatable bonds is 3. The molecule has 18 heavy (non-hydrogen) atoms. The van der Waals surface area contributed by atoms with Gasteiger partial charge >= 0.3 is 0 Å². The van der Waals surface area contributed by atoms with Gasteiger partial charge in [-0.2, -0.15) is 0 Å². The van der Waals surface area contributed by atoms with Crippen molar-refractivity contribution in [2.24, 2.45) is 5.73 Å². The van der Waals surface area contributed by atoms with Crippen LogP contribution >= 0.6 is 11.8 Å². The summed E-state index contributed by atoms with van der Waals surface area (Å²) >= 11 is 1.67. The molecule has 3 nitrogen and oxygen atoms in total. The Morgan fingerprint density at radius 1 is 1.22 bits per heavy atom. The van der Waals surface area contributed by atoms with E-state index in [0.29, 0.717) is 6.54 Å². The van der Waals surface area contributed by atoms with E-state index in [1.807, 2.05) is 12.1 Å². The van der Waals surface area contributed by atoms with Crippen molar-refractivity contribution in [2.45, 2.75) is 35.7 Å². The molecule has 0 aromatic carbocycles. The van der Waals surface area contributed by atoms with Gasteiger partial charge in [-0.05, 0) is 42.5 Å². The van der Waals surface area contributed by atoms with Crippen LogP contribution < -0.4 is 5.73 Å². The number of fused-ring (bicyclic) bond motifs is 1. The number of aryl methyl sites for hydroxylation is 2. The van der Waals surface area contributed by atoms with Crippen LogP contribution in [0.4, 0.5) is 0 Å². The summed E-state index contributed by atoms with van der Waals surface area (Å²) in [5.74, 6) is 0. The van der Waals surface area contributed by atoms with Gasteiger partial charge in [-0.25, -0.2) is 4.98 Å². The Hall–Kier alpha value is -1.39. The van der Waals surface area contributed by atoms with E-state index in [1.54, 1.807) is 24.2 Å². The molecule has 0 bridgehead atoms. The molecule has 0 fully saturated rings. The lowest BCUT2D eigenvalue weighted by atomic mass is 10.1. The van der Waals surface area contributed by atoms with Crippen molar-refractivity contribution in [3.8, 4) is 0 Å². The first-order chi connectivity index (χ1) is 8.86. The van der Waals surface area contributed by atoms with Gasteiger partial charge in [0.05, 0.1) is 0 Å². The van der Waals surface area contributed by atoms with E-state index in [0.717, 1.165) is 28.3 Å². The van der Waals surface area contributed by atoms with Crippen molar-refractivity contribution >= 4 is 11.8 Å². The normalized spacial score (nSPS) is 13.6. The summed E-state index contributed by atoms with van der Waals surface area (Å²) < 4.78 is 0. The second-order valence-electron chi connectivity index (χ2n) is 4.40. The zero-order valence-electron chi connectivity index (χ0n) is 10.1. The van der Waals surface area contributed by atoms with Crippen molar-refractivity contribution in [1.29, 1.82) is 0 Å². The largest absolute Gasteiger partial charge is 0.326 e. The molecule has 0 amide bonds. The number of hydrogen-bond donors (Lipinski definition) is 1. The highest BCUT2D eigenvalue weighted by atomic mass is 32.2. The minimum atomic E-state index is 0.549. The second kappa shape index (κ2) is 5.08. The Balaban J connectivity index is 1.96. The highest BCUT2D eigenvalue weighted by Gasteiger charge is 2.16. The molecule has 0 spiro atoms. The van der Waals surface area contributed by atoms with Crippen LogP contribution in [0.25, 0.3) is 0 Å². The quantitative estimate of drug-likeness (QED) is 0.918. The van der Waals surface area contributed by atoms with Crippen molar-refractivity contribution < 1.29 is 0 Å². The molecule has 2 aromatic rings. The standard InChI is InChI=1S/C14H15N3S/c15-9-11-8-10-2-1-3-13(10)17-14(11)18-12-4-6-16-7-5-12/h4-8H,1-3,9,15H2. The van der Waals surface area contributed by atoms with Crippen LogP contribution in [-0.4, -0.2) is 9.97 Å². The van der Waals surface area contributed by atoms with Crippen molar-refractivity contribution in [1.82, 2.24) is 9.97 Å². The lowest BCUT2D eigenvalue weighted by molar-refractivity contribution is 0.884. The molecule has 92 valence electrons. The summed E-state index contributed by atoms with van der Waals surface area (Å²) in [6, 6.07) is 6.23. The fourth-order valence-electron chi connectivity index (χ4n) is 2.25. The Labute approximate surface area is 111 Å². The predicted octanol–water partition coefficient (Wildman–Crippen LogP) is 2.58. The lowest BCUT2D eigenvalue weighted by Crippen LogP contribution is -2.03. The smallest absolute Gasteiger partial charge is 0.106 e. The molecule has 4 heteroatoms. The Kier molecular flexibility index (Phi) is 3.30. The summed E-state index contributed by atoms with van der Waals surface area (Å²) in [7, 11) is 0. The molecule has 1 aliphatic carbocycles. The minimum absolute atomic E-state index is 0.549. The maximum absolute atomic E-state index is 5.83. The number of pyridine rings is 2. The molecular weight excluding hydrogens is 242 g/mol. The fraction of sp³-hybridized carbons (Fsp3) is 0.286. The molecule has 0 atom stereocenters. The molecule has 2 aromatic heterocycles. The lowest BCUT2D eigenvalue weighted by Gasteiger charge is -2.09. The molecule has 2 heterocycles. The van der Waals surface area contributed by atoms with E-state index in [9.17, 15) is 0 Å². The highest BCUT2D eigenvalue weighted by Crippen LogP contribution is 2.32. The molecule has 0 radical (unpaired) electrons. The van der Waals surface area contributed by atoms with Crippen molar-refractivity contribution in [3.63, 3.8) is 0 Å². The van der Waals surface area contributed by atoms with E-state index in [4.69, 9.17) is 10.7 Å². The third-order valence-corrected chi connectivity index (χ3v) is 4.23. The highest BCUT2D eigenvalue weighted by molar-refractivity contribution is 7.99. The van der Waals surface area contributed by atoms with Crippen molar-refractivity contribution in [2.75, 3.05) is 0 Å². The van der Waals surface area contributed by atoms with Gasteiger partial charge in [-0.3, -0.25) is 4.98 Å². The number of hydrogen-bond acceptors (Lipinski definition) is 4. The van der Waals surface area contributed by atoms with E-state index < -0.39 is 0 Å². The number of aromatic nitrogens is 2. The van der Waals surface area contributed by atoms with E-state index in [2.05, 4.69) is 11.1 Å². The zero-order chi connectivity index (χ0) is 12.4. The molecule has 0 saturated carbocycles. The van der Waals surface area contributed by atoms with E-state index in [1.165, 1.54) is 17.7 Å². The third kappa shape index (κ3) is 2.26. The summed E-state index contributed by atoms with van der Waals surface area (Å²) in [6.45, 7) is 0.549. The van der Waals surface area contributed by atoms with Crippen LogP contribution in [0.5, 0.6) is 0 Å². The van der Waals surface area contributed by atoms with Crippen LogP contribution in [0.3, 0.4) is 0 Å². The topological polar surface area (TPSA) is 51.8 Å². The van der Waals surface area contributed by atoms with Crippen LogP contribution in [0.2, 0.25) is 0 Å². The molecule has 0 saturated heterocycles. The molecule has 0 aliphatic heterocycles. The van der Waals surface area contributed by atoms with E-state index in [-0.39, 0.29) is 0 Å². The summed E-state index contributed by atoms with van der Waals surface area (Å²) in [5, 5.41) is 1.05. The molecule has 1 aliphatic rings. The summed E-state index contributed by atoms with van der Waals surface area (Å²) in [4.78, 5) is 9.97. The van der Waals surface area contributed by atoms with Crippen LogP contribution in [0.15, 0.2) is 40.5 Å². The summed E-state index contributed by atoms with van der Waals surface area (Å²) in [5.41, 5.74) is 9.62. The zero-order valence-corrected chi connectivity index (χ0v) is 10.9. The average molecular weight is 257 g/mol. The second-order valence-corrected chi connectivity index (χ2v) is 5.46. The molecule has 0 unspecified atom stereocenters. The average Bonchev–Trinajstić information content (AvgIpc) is 2.86. The molecule has 2 N–H and O–H groups in total. The SMILES string of the molecule is NCc1cc2c(nc1Sc1ccncc1)CCC2. The van der Waals surface area contributed by atoms with Gasteiger partial charge in [0, 0.05) is 29.5 Å². The first kappa shape index (κ1) is 11.7. The minimum Gasteiger partial charge on any atom is -0.326 e. The van der Waals surface area contributed by atoms with E-state index >= 15 is 0 Å². The van der Waals surface area contributed by atoms with Crippen LogP contribution in [-0.2, 0) is 19.4 Å². The van der Waals surface area contributed by atoms with Crippen LogP contribution in [0, 0.1) is 0 Å². The number of nitrogens with zero attached hydrogens (tertiary/aromatic N) is 2. The molecule has 3 rings (SSSR count). The Morgan fingerprint density at radius 2 is 2.06 bits per heavy atom. The van der Waals surface area contributed by atoms with Gasteiger partial charge in [-0.1, -0.05) is 17.8 Å². The first-order valence-corrected chi connectivity index (χ1v) is 6.98. The van der Waals surface area contributed by atoms with Gasteiger partial charge in [-0.15, -0.1) is 0 Å². The Morgan fingerprint density at radius 3 is 2.83 bits per heavy atom. The van der Waals surface area contributed by atoms with Gasteiger partial charge < -0.3 is 5.73 Å². The summed E-state index contributed by atoms with van der Waals surface area (Å²) in [6.07, 6.45) is 7.07. The monoisotopic (exact) mass is 257 g/mol. The maximum atomic E-state index is 5.83.